The minimum Gasteiger partial charge on any atom is -0.459 e. The number of halogens is 1. The highest BCUT2D eigenvalue weighted by atomic mass is 35.5. The van der Waals surface area contributed by atoms with Gasteiger partial charge >= 0.3 is 0 Å². The largest absolute Gasteiger partial charge is 0.459 e. The van der Waals surface area contributed by atoms with E-state index in [9.17, 15) is 0 Å². The van der Waals surface area contributed by atoms with E-state index < -0.39 is 0 Å². The van der Waals surface area contributed by atoms with Crippen LogP contribution in [0.3, 0.4) is 0 Å². The second-order valence-electron chi connectivity index (χ2n) is 6.18. The number of benzene rings is 1. The molecule has 0 spiro atoms. The van der Waals surface area contributed by atoms with Gasteiger partial charge in [-0.3, -0.25) is 0 Å². The molecule has 2 atom stereocenters. The summed E-state index contributed by atoms with van der Waals surface area (Å²) in [5.74, 6) is 1.63. The standard InChI is InChI=1S/C18H24ClNO/c1-2-10-20-15-8-4-3-6-13(11-15)17-12-14-7-5-9-16(19)18(14)21-17/h5,7,9,12-13,15,20H,2-4,6,8,10-11H2,1H3. The van der Waals surface area contributed by atoms with Crippen LogP contribution in [-0.4, -0.2) is 12.6 Å². The summed E-state index contributed by atoms with van der Waals surface area (Å²) >= 11 is 6.23. The zero-order valence-electron chi connectivity index (χ0n) is 12.7. The molecule has 1 aliphatic carbocycles. The smallest absolute Gasteiger partial charge is 0.152 e. The molecular formula is C18H24ClNO. The molecule has 0 radical (unpaired) electrons. The van der Waals surface area contributed by atoms with Crippen LogP contribution in [0, 0.1) is 0 Å². The molecule has 21 heavy (non-hydrogen) atoms. The van der Waals surface area contributed by atoms with Gasteiger partial charge in [0.05, 0.1) is 5.02 Å². The fourth-order valence-corrected chi connectivity index (χ4v) is 3.62. The van der Waals surface area contributed by atoms with Crippen molar-refractivity contribution in [3.63, 3.8) is 0 Å². The number of rotatable bonds is 4. The zero-order valence-corrected chi connectivity index (χ0v) is 13.5. The summed E-state index contributed by atoms with van der Waals surface area (Å²) in [7, 11) is 0. The maximum Gasteiger partial charge on any atom is 0.152 e. The van der Waals surface area contributed by atoms with E-state index in [2.05, 4.69) is 24.4 Å². The van der Waals surface area contributed by atoms with Crippen LogP contribution in [0.25, 0.3) is 11.0 Å². The molecule has 1 fully saturated rings. The molecule has 2 unspecified atom stereocenters. The Morgan fingerprint density at radius 1 is 1.29 bits per heavy atom. The molecule has 1 saturated carbocycles. The molecule has 0 saturated heterocycles. The summed E-state index contributed by atoms with van der Waals surface area (Å²) in [5.41, 5.74) is 0.844. The third-order valence-electron chi connectivity index (χ3n) is 4.52. The predicted octanol–water partition coefficient (Wildman–Crippen LogP) is 5.50. The average Bonchev–Trinajstić information content (AvgIpc) is 2.79. The van der Waals surface area contributed by atoms with E-state index in [0.717, 1.165) is 23.3 Å². The first-order valence-corrected chi connectivity index (χ1v) is 8.57. The van der Waals surface area contributed by atoms with Gasteiger partial charge in [-0.25, -0.2) is 0 Å². The van der Waals surface area contributed by atoms with E-state index in [1.165, 1.54) is 38.5 Å². The summed E-state index contributed by atoms with van der Waals surface area (Å²) in [6, 6.07) is 8.78. The Hall–Kier alpha value is -0.990. The first kappa shape index (κ1) is 14.9. The molecule has 0 bridgehead atoms. The Bertz CT molecular complexity index is 592. The van der Waals surface area contributed by atoms with Crippen molar-refractivity contribution in [1.29, 1.82) is 0 Å². The summed E-state index contributed by atoms with van der Waals surface area (Å²) in [6.07, 6.45) is 7.50. The highest BCUT2D eigenvalue weighted by Crippen LogP contribution is 2.36. The van der Waals surface area contributed by atoms with Crippen LogP contribution >= 0.6 is 11.6 Å². The van der Waals surface area contributed by atoms with Crippen LogP contribution in [-0.2, 0) is 0 Å². The molecule has 0 aliphatic heterocycles. The van der Waals surface area contributed by atoms with E-state index in [1.807, 2.05) is 12.1 Å². The zero-order chi connectivity index (χ0) is 14.7. The highest BCUT2D eigenvalue weighted by Gasteiger charge is 2.24. The number of furan rings is 1. The Labute approximate surface area is 131 Å². The van der Waals surface area contributed by atoms with Crippen LogP contribution in [0.15, 0.2) is 28.7 Å². The van der Waals surface area contributed by atoms with Gasteiger partial charge in [0, 0.05) is 17.3 Å². The van der Waals surface area contributed by atoms with Gasteiger partial charge < -0.3 is 9.73 Å². The second-order valence-corrected chi connectivity index (χ2v) is 6.58. The Morgan fingerprint density at radius 2 is 2.14 bits per heavy atom. The lowest BCUT2D eigenvalue weighted by atomic mass is 9.95. The summed E-state index contributed by atoms with van der Waals surface area (Å²) in [4.78, 5) is 0. The molecule has 3 rings (SSSR count). The van der Waals surface area contributed by atoms with E-state index in [1.54, 1.807) is 0 Å². The maximum absolute atomic E-state index is 6.23. The fourth-order valence-electron chi connectivity index (χ4n) is 3.40. The predicted molar refractivity (Wildman–Crippen MR) is 89.1 cm³/mol. The number of para-hydroxylation sites is 1. The molecule has 1 aromatic carbocycles. The van der Waals surface area contributed by atoms with Crippen LogP contribution in [0.1, 0.15) is 57.1 Å². The fraction of sp³-hybridized carbons (Fsp3) is 0.556. The normalized spacial score (nSPS) is 23.3. The molecule has 1 aliphatic rings. The summed E-state index contributed by atoms with van der Waals surface area (Å²) in [6.45, 7) is 3.34. The quantitative estimate of drug-likeness (QED) is 0.754. The lowest BCUT2D eigenvalue weighted by Gasteiger charge is -2.19. The average molecular weight is 306 g/mol. The lowest BCUT2D eigenvalue weighted by Crippen LogP contribution is -2.30. The van der Waals surface area contributed by atoms with Crippen molar-refractivity contribution in [2.45, 2.75) is 57.4 Å². The number of hydrogen-bond acceptors (Lipinski definition) is 2. The molecule has 1 aromatic heterocycles. The van der Waals surface area contributed by atoms with Crippen molar-refractivity contribution in [2.24, 2.45) is 0 Å². The van der Waals surface area contributed by atoms with Crippen molar-refractivity contribution >= 4 is 22.6 Å². The van der Waals surface area contributed by atoms with Crippen molar-refractivity contribution in [1.82, 2.24) is 5.32 Å². The molecule has 0 amide bonds. The van der Waals surface area contributed by atoms with Crippen molar-refractivity contribution in [3.8, 4) is 0 Å². The molecule has 3 heteroatoms. The summed E-state index contributed by atoms with van der Waals surface area (Å²) in [5, 5.41) is 5.53. The lowest BCUT2D eigenvalue weighted by molar-refractivity contribution is 0.402. The minimum atomic E-state index is 0.519. The first-order chi connectivity index (χ1) is 10.3. The van der Waals surface area contributed by atoms with Crippen LogP contribution in [0.5, 0.6) is 0 Å². The molecule has 2 aromatic rings. The molecular weight excluding hydrogens is 282 g/mol. The van der Waals surface area contributed by atoms with E-state index in [-0.39, 0.29) is 0 Å². The SMILES string of the molecule is CCCNC1CCCCC(c2cc3cccc(Cl)c3o2)C1. The minimum absolute atomic E-state index is 0.519. The van der Waals surface area contributed by atoms with E-state index in [0.29, 0.717) is 17.0 Å². The van der Waals surface area contributed by atoms with E-state index >= 15 is 0 Å². The van der Waals surface area contributed by atoms with Gasteiger partial charge in [-0.05, 0) is 44.4 Å². The number of fused-ring (bicyclic) bond motifs is 1. The number of hydrogen-bond donors (Lipinski definition) is 1. The first-order valence-electron chi connectivity index (χ1n) is 8.19. The molecule has 1 N–H and O–H groups in total. The van der Waals surface area contributed by atoms with Crippen LogP contribution in [0.2, 0.25) is 5.02 Å². The second kappa shape index (κ2) is 6.85. The van der Waals surface area contributed by atoms with Crippen LogP contribution in [0.4, 0.5) is 0 Å². The van der Waals surface area contributed by atoms with Crippen molar-refractivity contribution < 1.29 is 4.42 Å². The maximum atomic E-state index is 6.23. The Balaban J connectivity index is 1.80. The van der Waals surface area contributed by atoms with Gasteiger partial charge in [-0.2, -0.15) is 0 Å². The Kier molecular flexibility index (Phi) is 4.87. The molecule has 114 valence electrons. The van der Waals surface area contributed by atoms with Crippen molar-refractivity contribution in [2.75, 3.05) is 6.54 Å². The third kappa shape index (κ3) is 3.44. The number of nitrogens with one attached hydrogen (secondary N) is 1. The van der Waals surface area contributed by atoms with Gasteiger partial charge in [0.2, 0.25) is 0 Å². The monoisotopic (exact) mass is 305 g/mol. The van der Waals surface area contributed by atoms with Gasteiger partial charge in [-0.15, -0.1) is 0 Å². The van der Waals surface area contributed by atoms with Gasteiger partial charge in [0.25, 0.3) is 0 Å². The highest BCUT2D eigenvalue weighted by molar-refractivity contribution is 6.34. The van der Waals surface area contributed by atoms with Gasteiger partial charge in [0.1, 0.15) is 5.76 Å². The summed E-state index contributed by atoms with van der Waals surface area (Å²) < 4.78 is 6.09. The van der Waals surface area contributed by atoms with E-state index in [4.69, 9.17) is 16.0 Å². The van der Waals surface area contributed by atoms with Gasteiger partial charge in [0.15, 0.2) is 5.58 Å². The molecule has 2 nitrogen and oxygen atoms in total. The van der Waals surface area contributed by atoms with Gasteiger partial charge in [-0.1, -0.05) is 43.5 Å². The Morgan fingerprint density at radius 3 is 2.95 bits per heavy atom. The van der Waals surface area contributed by atoms with Crippen LogP contribution < -0.4 is 5.32 Å². The van der Waals surface area contributed by atoms with Crippen molar-refractivity contribution in [3.05, 3.63) is 35.0 Å². The topological polar surface area (TPSA) is 25.2 Å². The molecule has 1 heterocycles. The third-order valence-corrected chi connectivity index (χ3v) is 4.82.